The molecule has 0 saturated heterocycles. The Bertz CT molecular complexity index is 2050. The highest BCUT2D eigenvalue weighted by Crippen LogP contribution is 2.36. The first-order valence-electron chi connectivity index (χ1n) is 15.2. The topological polar surface area (TPSA) is 111 Å². The van der Waals surface area contributed by atoms with Gasteiger partial charge in [0.05, 0.1) is 15.8 Å². The number of benzene rings is 4. The molecule has 0 fully saturated rings. The van der Waals surface area contributed by atoms with E-state index in [-0.39, 0.29) is 22.2 Å². The maximum absolute atomic E-state index is 14.7. The molecule has 1 atom stereocenters. The molecule has 3 N–H and O–H groups in total. The zero-order valence-corrected chi connectivity index (χ0v) is 28.8. The number of hydrogen-bond acceptors (Lipinski definition) is 6. The average molecular weight is 709 g/mol. The maximum atomic E-state index is 14.7. The first kappa shape index (κ1) is 35.1. The molecule has 3 amide bonds. The molecule has 11 heteroatoms. The normalized spacial score (nSPS) is 11.7. The zero-order chi connectivity index (χ0) is 34.9. The van der Waals surface area contributed by atoms with Crippen molar-refractivity contribution >= 4 is 69.2 Å². The van der Waals surface area contributed by atoms with Crippen molar-refractivity contribution in [2.45, 2.75) is 30.4 Å². The molecule has 246 valence electrons. The Balaban J connectivity index is 1.32. The minimum atomic E-state index is -0.707. The van der Waals surface area contributed by atoms with Gasteiger partial charge in [-0.3, -0.25) is 14.4 Å². The Morgan fingerprint density at radius 3 is 2.41 bits per heavy atom. The predicted octanol–water partition coefficient (Wildman–Crippen LogP) is 9.31. The third kappa shape index (κ3) is 8.83. The maximum Gasteiger partial charge on any atom is 0.272 e. The second kappa shape index (κ2) is 16.3. The summed E-state index contributed by atoms with van der Waals surface area (Å²) in [6.07, 6.45) is 1.68. The van der Waals surface area contributed by atoms with Crippen molar-refractivity contribution in [3.05, 3.63) is 141 Å². The van der Waals surface area contributed by atoms with Gasteiger partial charge in [0.1, 0.15) is 22.6 Å². The van der Waals surface area contributed by atoms with Gasteiger partial charge in [0.2, 0.25) is 5.91 Å². The molecule has 4 aromatic carbocycles. The quantitative estimate of drug-likeness (QED) is 0.0936. The van der Waals surface area contributed by atoms with Crippen LogP contribution in [0.1, 0.15) is 40.4 Å². The lowest BCUT2D eigenvalue weighted by Crippen LogP contribution is -2.30. The van der Waals surface area contributed by atoms with Gasteiger partial charge in [-0.05, 0) is 67.4 Å². The smallest absolute Gasteiger partial charge is 0.272 e. The van der Waals surface area contributed by atoms with Crippen molar-refractivity contribution in [3.63, 3.8) is 0 Å². The number of nitrogens with one attached hydrogen (secondary N) is 3. The molecule has 0 aliphatic rings. The first-order valence-corrected chi connectivity index (χ1v) is 17.3. The third-order valence-electron chi connectivity index (χ3n) is 7.35. The van der Waals surface area contributed by atoms with Gasteiger partial charge in [0.15, 0.2) is 0 Å². The molecule has 7 nitrogen and oxygen atoms in total. The highest BCUT2D eigenvalue weighted by atomic mass is 35.5. The highest BCUT2D eigenvalue weighted by molar-refractivity contribution is 8.00. The van der Waals surface area contributed by atoms with Crippen LogP contribution in [-0.4, -0.2) is 23.0 Å². The molecule has 1 heterocycles. The molecule has 0 saturated carbocycles. The molecule has 5 aromatic rings. The highest BCUT2D eigenvalue weighted by Gasteiger charge is 2.23. The number of aryl methyl sites for hydroxylation is 1. The number of rotatable bonds is 11. The van der Waals surface area contributed by atoms with E-state index in [0.29, 0.717) is 33.1 Å². The van der Waals surface area contributed by atoms with Gasteiger partial charge in [0.25, 0.3) is 11.8 Å². The SMILES string of the molecule is CCC(Sc1cccc(NC(=O)/C(=C\c2c(F)cccc2Cl)NC(=O)c2ccccc2)c1)C(=O)Nc1scc(-c2ccc(C)cc2)c1C#N. The van der Waals surface area contributed by atoms with Crippen molar-refractivity contribution in [2.75, 3.05) is 10.6 Å². The van der Waals surface area contributed by atoms with Crippen LogP contribution in [0.4, 0.5) is 15.1 Å². The Hall–Kier alpha value is -5.21. The summed E-state index contributed by atoms with van der Waals surface area (Å²) in [5.41, 5.74) is 3.59. The largest absolute Gasteiger partial charge is 0.321 e. The summed E-state index contributed by atoms with van der Waals surface area (Å²) in [4.78, 5) is 40.6. The lowest BCUT2D eigenvalue weighted by Gasteiger charge is -2.16. The molecule has 0 aliphatic carbocycles. The Labute approximate surface area is 296 Å². The summed E-state index contributed by atoms with van der Waals surface area (Å²) in [7, 11) is 0. The minimum absolute atomic E-state index is 0.0555. The number of carbonyl (C=O) groups is 3. The third-order valence-corrected chi connectivity index (χ3v) is 9.94. The van der Waals surface area contributed by atoms with Crippen LogP contribution in [0.5, 0.6) is 0 Å². The molecular formula is C38H30ClFN4O3S2. The molecule has 0 bridgehead atoms. The van der Waals surface area contributed by atoms with Crippen LogP contribution in [0.2, 0.25) is 5.02 Å². The van der Waals surface area contributed by atoms with Gasteiger partial charge in [0, 0.05) is 32.7 Å². The fourth-order valence-corrected chi connectivity index (χ4v) is 6.92. The molecule has 1 aromatic heterocycles. The second-order valence-electron chi connectivity index (χ2n) is 10.8. The Morgan fingerprint density at radius 2 is 1.71 bits per heavy atom. The van der Waals surface area contributed by atoms with Gasteiger partial charge < -0.3 is 16.0 Å². The van der Waals surface area contributed by atoms with E-state index in [2.05, 4.69) is 22.0 Å². The molecule has 0 radical (unpaired) electrons. The molecule has 0 aliphatic heterocycles. The van der Waals surface area contributed by atoms with E-state index >= 15 is 0 Å². The molecular weight excluding hydrogens is 679 g/mol. The van der Waals surface area contributed by atoms with E-state index in [0.717, 1.165) is 16.7 Å². The lowest BCUT2D eigenvalue weighted by molar-refractivity contribution is -0.116. The van der Waals surface area contributed by atoms with Gasteiger partial charge >= 0.3 is 0 Å². The number of nitriles is 1. The van der Waals surface area contributed by atoms with Crippen molar-refractivity contribution in [1.82, 2.24) is 5.32 Å². The van der Waals surface area contributed by atoms with Gasteiger partial charge in [-0.25, -0.2) is 4.39 Å². The number of nitrogens with zero attached hydrogens (tertiary/aromatic N) is 1. The van der Waals surface area contributed by atoms with Crippen molar-refractivity contribution in [1.29, 1.82) is 5.26 Å². The number of halogens is 2. The summed E-state index contributed by atoms with van der Waals surface area (Å²) in [5, 5.41) is 20.1. The number of anilines is 2. The molecule has 1 unspecified atom stereocenters. The molecule has 49 heavy (non-hydrogen) atoms. The van der Waals surface area contributed by atoms with Gasteiger partial charge in [-0.15, -0.1) is 23.1 Å². The second-order valence-corrected chi connectivity index (χ2v) is 13.4. The summed E-state index contributed by atoms with van der Waals surface area (Å²) in [5.74, 6) is -2.19. The predicted molar refractivity (Wildman–Crippen MR) is 196 cm³/mol. The lowest BCUT2D eigenvalue weighted by atomic mass is 10.0. The standard InChI is InChI=1S/C38H30ClFN4O3S2/c1-3-34(37(47)44-38-29(21-41)30(22-48-38)24-17-15-23(2)16-18-24)49-27-12-7-11-26(19-27)42-36(46)33(20-28-31(39)13-8-14-32(28)40)43-35(45)25-9-5-4-6-10-25/h4-20,22,34H,3H2,1-2H3,(H,42,46)(H,43,45)(H,44,47)/b33-20+. The first-order chi connectivity index (χ1) is 23.7. The van der Waals surface area contributed by atoms with Gasteiger partial charge in [-0.2, -0.15) is 5.26 Å². The number of hydrogen-bond donors (Lipinski definition) is 3. The molecule has 5 rings (SSSR count). The fraction of sp³-hybridized carbons (Fsp3) is 0.105. The fourth-order valence-electron chi connectivity index (χ4n) is 4.77. The van der Waals surface area contributed by atoms with E-state index in [1.807, 2.05) is 49.6 Å². The number of amides is 3. The van der Waals surface area contributed by atoms with E-state index in [4.69, 9.17) is 11.6 Å². The van der Waals surface area contributed by atoms with Crippen LogP contribution < -0.4 is 16.0 Å². The van der Waals surface area contributed by atoms with Crippen LogP contribution >= 0.6 is 34.7 Å². The van der Waals surface area contributed by atoms with E-state index in [1.165, 1.54) is 47.4 Å². The van der Waals surface area contributed by atoms with Crippen LogP contribution in [0.15, 0.2) is 113 Å². The van der Waals surface area contributed by atoms with Gasteiger partial charge in [-0.1, -0.05) is 78.7 Å². The van der Waals surface area contributed by atoms with Crippen LogP contribution in [0.25, 0.3) is 17.2 Å². The summed E-state index contributed by atoms with van der Waals surface area (Å²) >= 11 is 8.83. The zero-order valence-electron chi connectivity index (χ0n) is 26.4. The van der Waals surface area contributed by atoms with E-state index < -0.39 is 22.9 Å². The van der Waals surface area contributed by atoms with Crippen molar-refractivity contribution < 1.29 is 18.8 Å². The number of thiophene rings is 1. The van der Waals surface area contributed by atoms with Crippen LogP contribution in [0, 0.1) is 24.1 Å². The summed E-state index contributed by atoms with van der Waals surface area (Å²) in [6.45, 7) is 3.88. The Kier molecular flexibility index (Phi) is 11.7. The van der Waals surface area contributed by atoms with Crippen LogP contribution in [-0.2, 0) is 9.59 Å². The summed E-state index contributed by atoms with van der Waals surface area (Å²) in [6, 6.07) is 29.4. The van der Waals surface area contributed by atoms with E-state index in [1.54, 1.807) is 48.5 Å². The van der Waals surface area contributed by atoms with Crippen molar-refractivity contribution in [2.24, 2.45) is 0 Å². The monoisotopic (exact) mass is 708 g/mol. The van der Waals surface area contributed by atoms with E-state index in [9.17, 15) is 24.0 Å². The summed E-state index contributed by atoms with van der Waals surface area (Å²) < 4.78 is 14.7. The number of thioether (sulfide) groups is 1. The molecule has 0 spiro atoms. The number of carbonyl (C=O) groups excluding carboxylic acids is 3. The average Bonchev–Trinajstić information content (AvgIpc) is 3.51. The Morgan fingerprint density at radius 1 is 0.980 bits per heavy atom. The van der Waals surface area contributed by atoms with Crippen LogP contribution in [0.3, 0.4) is 0 Å². The van der Waals surface area contributed by atoms with Crippen molar-refractivity contribution in [3.8, 4) is 17.2 Å². The minimum Gasteiger partial charge on any atom is -0.321 e.